The number of benzene rings is 1. The van der Waals surface area contributed by atoms with Gasteiger partial charge in [0.05, 0.1) is 10.2 Å². The molecular weight excluding hydrogens is 218 g/mol. The lowest BCUT2D eigenvalue weighted by atomic mass is 10.2. The van der Waals surface area contributed by atoms with Crippen LogP contribution in [0, 0.1) is 0 Å². The second-order valence-corrected chi connectivity index (χ2v) is 4.87. The molecule has 3 aromatic rings. The summed E-state index contributed by atoms with van der Waals surface area (Å²) in [6.07, 6.45) is 0.857. The molecule has 16 heavy (non-hydrogen) atoms. The van der Waals surface area contributed by atoms with Gasteiger partial charge in [-0.2, -0.15) is 0 Å². The number of H-pyrrole nitrogens is 1. The van der Waals surface area contributed by atoms with E-state index in [1.807, 2.05) is 19.1 Å². The zero-order chi connectivity index (χ0) is 11.1. The first-order chi connectivity index (χ1) is 7.79. The molecule has 0 amide bonds. The zero-order valence-electron chi connectivity index (χ0n) is 8.91. The molecule has 1 aromatic carbocycles. The van der Waals surface area contributed by atoms with Gasteiger partial charge >= 0.3 is 0 Å². The van der Waals surface area contributed by atoms with Crippen molar-refractivity contribution >= 4 is 31.6 Å². The molecule has 0 aliphatic heterocycles. The molecule has 2 nitrogen and oxygen atoms in total. The summed E-state index contributed by atoms with van der Waals surface area (Å²) >= 11 is 1.56. The van der Waals surface area contributed by atoms with Gasteiger partial charge in [-0.1, -0.05) is 25.1 Å². The zero-order valence-corrected chi connectivity index (χ0v) is 9.73. The summed E-state index contributed by atoms with van der Waals surface area (Å²) in [4.78, 5) is 15.3. The molecular formula is C13H11NOS. The number of aryl methyl sites for hydroxylation is 1. The summed E-state index contributed by atoms with van der Waals surface area (Å²) in [5.41, 5.74) is 2.12. The molecule has 0 aliphatic carbocycles. The topological polar surface area (TPSA) is 32.9 Å². The smallest absolute Gasteiger partial charge is 0.199 e. The minimum Gasteiger partial charge on any atom is -0.357 e. The van der Waals surface area contributed by atoms with Gasteiger partial charge in [-0.15, -0.1) is 11.3 Å². The van der Waals surface area contributed by atoms with Crippen LogP contribution >= 0.6 is 11.3 Å². The number of pyridine rings is 1. The van der Waals surface area contributed by atoms with Crippen LogP contribution in [0.5, 0.6) is 0 Å². The predicted molar refractivity (Wildman–Crippen MR) is 69.3 cm³/mol. The molecule has 2 heterocycles. The van der Waals surface area contributed by atoms with Crippen LogP contribution in [0.15, 0.2) is 35.1 Å². The first-order valence-electron chi connectivity index (χ1n) is 5.33. The molecule has 0 atom stereocenters. The Bertz CT molecular complexity index is 723. The maximum Gasteiger partial charge on any atom is 0.199 e. The quantitative estimate of drug-likeness (QED) is 0.682. The Morgan fingerprint density at radius 1 is 1.31 bits per heavy atom. The van der Waals surface area contributed by atoms with Crippen molar-refractivity contribution in [3.63, 3.8) is 0 Å². The summed E-state index contributed by atoms with van der Waals surface area (Å²) in [5, 5.41) is 1.15. The van der Waals surface area contributed by atoms with Crippen molar-refractivity contribution in [2.45, 2.75) is 13.3 Å². The Morgan fingerprint density at radius 3 is 2.94 bits per heavy atom. The fraction of sp³-hybridized carbons (Fsp3) is 0.154. The molecule has 0 spiro atoms. The van der Waals surface area contributed by atoms with Crippen molar-refractivity contribution in [3.05, 3.63) is 46.2 Å². The summed E-state index contributed by atoms with van der Waals surface area (Å²) in [5.74, 6) is 0. The Labute approximate surface area is 96.5 Å². The summed E-state index contributed by atoms with van der Waals surface area (Å²) < 4.78 is 2.00. The highest BCUT2D eigenvalue weighted by Gasteiger charge is 2.08. The Morgan fingerprint density at radius 2 is 2.12 bits per heavy atom. The summed E-state index contributed by atoms with van der Waals surface area (Å²) in [6, 6.07) is 9.83. The molecule has 0 aliphatic rings. The molecule has 3 rings (SSSR count). The number of rotatable bonds is 1. The molecule has 3 heteroatoms. The van der Waals surface area contributed by atoms with Crippen molar-refractivity contribution < 1.29 is 0 Å². The SMILES string of the molecule is CCc1cc(=O)c2sc3ccccc3c2[nH]1. The molecule has 0 saturated carbocycles. The highest BCUT2D eigenvalue weighted by Crippen LogP contribution is 2.30. The van der Waals surface area contributed by atoms with Crippen LogP contribution in [0.1, 0.15) is 12.6 Å². The third-order valence-electron chi connectivity index (χ3n) is 2.79. The van der Waals surface area contributed by atoms with E-state index in [1.54, 1.807) is 17.4 Å². The van der Waals surface area contributed by atoms with E-state index >= 15 is 0 Å². The van der Waals surface area contributed by atoms with E-state index in [-0.39, 0.29) is 5.43 Å². The van der Waals surface area contributed by atoms with Gasteiger partial charge < -0.3 is 4.98 Å². The standard InChI is InChI=1S/C13H11NOS/c1-2-8-7-10(15)13-12(14-8)9-5-3-4-6-11(9)16-13/h3-7H,2H2,1H3,(H,14,15). The first-order valence-corrected chi connectivity index (χ1v) is 6.14. The van der Waals surface area contributed by atoms with Crippen molar-refractivity contribution in [3.8, 4) is 0 Å². The highest BCUT2D eigenvalue weighted by atomic mass is 32.1. The number of nitrogens with one attached hydrogen (secondary N) is 1. The number of hydrogen-bond acceptors (Lipinski definition) is 2. The van der Waals surface area contributed by atoms with Gasteiger partial charge in [0, 0.05) is 21.8 Å². The van der Waals surface area contributed by atoms with E-state index in [0.717, 1.165) is 27.7 Å². The van der Waals surface area contributed by atoms with E-state index in [0.29, 0.717) is 0 Å². The second-order valence-electron chi connectivity index (χ2n) is 3.81. The fourth-order valence-corrected chi connectivity index (χ4v) is 3.02. The second kappa shape index (κ2) is 3.46. The van der Waals surface area contributed by atoms with E-state index in [9.17, 15) is 4.79 Å². The molecule has 0 unspecified atom stereocenters. The minimum atomic E-state index is 0.131. The van der Waals surface area contributed by atoms with Crippen LogP contribution in [0.3, 0.4) is 0 Å². The number of hydrogen-bond donors (Lipinski definition) is 1. The fourth-order valence-electron chi connectivity index (χ4n) is 1.95. The van der Waals surface area contributed by atoms with E-state index in [1.165, 1.54) is 4.70 Å². The highest BCUT2D eigenvalue weighted by molar-refractivity contribution is 7.25. The molecule has 0 bridgehead atoms. The third-order valence-corrected chi connectivity index (χ3v) is 3.98. The monoisotopic (exact) mass is 229 g/mol. The lowest BCUT2D eigenvalue weighted by molar-refractivity contribution is 1.06. The largest absolute Gasteiger partial charge is 0.357 e. The van der Waals surface area contributed by atoms with Crippen LogP contribution in [-0.2, 0) is 6.42 Å². The van der Waals surface area contributed by atoms with Crippen LogP contribution in [0.2, 0.25) is 0 Å². The van der Waals surface area contributed by atoms with Crippen molar-refractivity contribution in [1.82, 2.24) is 4.98 Å². The molecule has 0 fully saturated rings. The lowest BCUT2D eigenvalue weighted by Crippen LogP contribution is -2.01. The predicted octanol–water partition coefficient (Wildman–Crippen LogP) is 3.31. The molecule has 1 N–H and O–H groups in total. The number of thiophene rings is 1. The van der Waals surface area contributed by atoms with Gasteiger partial charge in [-0.25, -0.2) is 0 Å². The molecule has 0 radical (unpaired) electrons. The summed E-state index contributed by atoms with van der Waals surface area (Å²) in [7, 11) is 0. The van der Waals surface area contributed by atoms with E-state index < -0.39 is 0 Å². The summed E-state index contributed by atoms with van der Waals surface area (Å²) in [6.45, 7) is 2.05. The Hall–Kier alpha value is -1.61. The Balaban J connectivity index is 2.56. The minimum absolute atomic E-state index is 0.131. The van der Waals surface area contributed by atoms with Gasteiger partial charge in [-0.3, -0.25) is 4.79 Å². The molecule has 2 aromatic heterocycles. The van der Waals surface area contributed by atoms with Gasteiger partial charge in [0.1, 0.15) is 0 Å². The average Bonchev–Trinajstić information content (AvgIpc) is 2.68. The maximum atomic E-state index is 11.9. The van der Waals surface area contributed by atoms with Gasteiger partial charge in [0.2, 0.25) is 0 Å². The normalized spacial score (nSPS) is 11.3. The van der Waals surface area contributed by atoms with Gasteiger partial charge in [-0.05, 0) is 12.5 Å². The first kappa shape index (κ1) is 9.60. The third kappa shape index (κ3) is 1.28. The van der Waals surface area contributed by atoms with E-state index in [4.69, 9.17) is 0 Å². The maximum absolute atomic E-state index is 11.9. The van der Waals surface area contributed by atoms with Crippen LogP contribution < -0.4 is 5.43 Å². The van der Waals surface area contributed by atoms with Crippen molar-refractivity contribution in [1.29, 1.82) is 0 Å². The number of aromatic nitrogens is 1. The Kier molecular flexibility index (Phi) is 2.07. The van der Waals surface area contributed by atoms with Gasteiger partial charge in [0.15, 0.2) is 5.43 Å². The molecule has 80 valence electrons. The van der Waals surface area contributed by atoms with E-state index in [2.05, 4.69) is 17.1 Å². The number of fused-ring (bicyclic) bond motifs is 3. The van der Waals surface area contributed by atoms with Gasteiger partial charge in [0.25, 0.3) is 0 Å². The molecule has 0 saturated heterocycles. The van der Waals surface area contributed by atoms with Crippen molar-refractivity contribution in [2.75, 3.05) is 0 Å². The number of aromatic amines is 1. The van der Waals surface area contributed by atoms with Crippen LogP contribution in [0.25, 0.3) is 20.3 Å². The average molecular weight is 229 g/mol. The van der Waals surface area contributed by atoms with Crippen molar-refractivity contribution in [2.24, 2.45) is 0 Å². The lowest BCUT2D eigenvalue weighted by Gasteiger charge is -1.97. The van der Waals surface area contributed by atoms with Crippen LogP contribution in [-0.4, -0.2) is 4.98 Å². The van der Waals surface area contributed by atoms with Crippen LogP contribution in [0.4, 0.5) is 0 Å².